The molecule has 6 heteroatoms. The second-order valence-corrected chi connectivity index (χ2v) is 6.78. The molecular weight excluding hydrogens is 286 g/mol. The van der Waals surface area contributed by atoms with Crippen molar-refractivity contribution in [2.45, 2.75) is 38.8 Å². The van der Waals surface area contributed by atoms with E-state index in [4.69, 9.17) is 16.3 Å². The van der Waals surface area contributed by atoms with Gasteiger partial charge in [0.15, 0.2) is 6.29 Å². The minimum absolute atomic E-state index is 0.547. The lowest BCUT2D eigenvalue weighted by atomic mass is 10.0. The highest BCUT2D eigenvalue weighted by Crippen LogP contribution is 2.33. The summed E-state index contributed by atoms with van der Waals surface area (Å²) in [6, 6.07) is 1.68. The zero-order chi connectivity index (χ0) is 14.8. The van der Waals surface area contributed by atoms with E-state index < -0.39 is 17.2 Å². The molecule has 1 aromatic heterocycles. The van der Waals surface area contributed by atoms with Crippen molar-refractivity contribution in [2.75, 3.05) is 7.05 Å². The molecule has 0 aliphatic rings. The number of rotatable bonds is 3. The number of aldehydes is 1. The number of halogens is 1. The maximum absolute atomic E-state index is 12.1. The molecule has 0 aliphatic carbocycles. The van der Waals surface area contributed by atoms with Crippen LogP contribution in [0.15, 0.2) is 11.4 Å². The fourth-order valence-corrected chi connectivity index (χ4v) is 2.63. The van der Waals surface area contributed by atoms with Crippen LogP contribution in [0.3, 0.4) is 0 Å². The summed E-state index contributed by atoms with van der Waals surface area (Å²) < 4.78 is 5.28. The zero-order valence-electron chi connectivity index (χ0n) is 11.7. The monoisotopic (exact) mass is 303 g/mol. The van der Waals surface area contributed by atoms with Crippen molar-refractivity contribution < 1.29 is 14.3 Å². The minimum Gasteiger partial charge on any atom is -0.444 e. The van der Waals surface area contributed by atoms with Crippen LogP contribution >= 0.6 is 22.9 Å². The molecule has 1 aromatic rings. The standard InChI is InChI=1S/C13H18ClNO3S/c1-12(2,3)18-11(17)15(5)13(4,8-16)10-6-9(14)7-19-10/h6-8H,1-5H3. The van der Waals surface area contributed by atoms with Gasteiger partial charge in [0.1, 0.15) is 11.1 Å². The summed E-state index contributed by atoms with van der Waals surface area (Å²) >= 11 is 7.21. The Kier molecular flexibility index (Phi) is 4.63. The molecule has 0 aromatic carbocycles. The molecule has 4 nitrogen and oxygen atoms in total. The van der Waals surface area contributed by atoms with Gasteiger partial charge >= 0.3 is 6.09 Å². The Morgan fingerprint density at radius 1 is 1.42 bits per heavy atom. The maximum atomic E-state index is 12.1. The molecule has 0 aliphatic heterocycles. The quantitative estimate of drug-likeness (QED) is 0.800. The van der Waals surface area contributed by atoms with Crippen molar-refractivity contribution in [1.29, 1.82) is 0 Å². The lowest BCUT2D eigenvalue weighted by Crippen LogP contribution is -2.47. The van der Waals surface area contributed by atoms with Crippen LogP contribution in [0.1, 0.15) is 32.6 Å². The summed E-state index contributed by atoms with van der Waals surface area (Å²) in [5, 5.41) is 2.27. The SMILES string of the molecule is CN(C(=O)OC(C)(C)C)C(C)(C=O)c1cc(Cl)cs1. The largest absolute Gasteiger partial charge is 0.444 e. The van der Waals surface area contributed by atoms with E-state index in [0.717, 1.165) is 6.29 Å². The molecule has 1 heterocycles. The van der Waals surface area contributed by atoms with Crippen LogP contribution in [0.2, 0.25) is 5.02 Å². The molecule has 0 spiro atoms. The Bertz CT molecular complexity index is 480. The predicted molar refractivity (Wildman–Crippen MR) is 76.7 cm³/mol. The van der Waals surface area contributed by atoms with Gasteiger partial charge in [-0.1, -0.05) is 11.6 Å². The smallest absolute Gasteiger partial charge is 0.411 e. The summed E-state index contributed by atoms with van der Waals surface area (Å²) in [5.41, 5.74) is -1.69. The number of likely N-dealkylation sites (N-methyl/N-ethyl adjacent to an activating group) is 1. The lowest BCUT2D eigenvalue weighted by Gasteiger charge is -2.34. The average molecular weight is 304 g/mol. The molecule has 106 valence electrons. The van der Waals surface area contributed by atoms with Crippen LogP contribution in [-0.4, -0.2) is 29.9 Å². The molecule has 0 N–H and O–H groups in total. The highest BCUT2D eigenvalue weighted by molar-refractivity contribution is 7.10. The normalized spacial score (nSPS) is 14.6. The predicted octanol–water partition coefficient (Wildman–Crippen LogP) is 3.68. The van der Waals surface area contributed by atoms with Crippen LogP contribution in [0.4, 0.5) is 4.79 Å². The molecule has 0 bridgehead atoms. The first-order chi connectivity index (χ1) is 8.60. The number of amides is 1. The Morgan fingerprint density at radius 3 is 2.37 bits per heavy atom. The molecular formula is C13H18ClNO3S. The van der Waals surface area contributed by atoms with Gasteiger partial charge < -0.3 is 9.53 Å². The van der Waals surface area contributed by atoms with Crippen molar-refractivity contribution in [2.24, 2.45) is 0 Å². The average Bonchev–Trinajstić information content (AvgIpc) is 2.72. The third-order valence-corrected chi connectivity index (χ3v) is 4.16. The number of carbonyl (C=O) groups excluding carboxylic acids is 2. The summed E-state index contributed by atoms with van der Waals surface area (Å²) in [7, 11) is 1.54. The van der Waals surface area contributed by atoms with Gasteiger partial charge in [-0.15, -0.1) is 11.3 Å². The molecule has 0 saturated carbocycles. The highest BCUT2D eigenvalue weighted by Gasteiger charge is 2.37. The molecule has 19 heavy (non-hydrogen) atoms. The second-order valence-electron chi connectivity index (χ2n) is 5.43. The van der Waals surface area contributed by atoms with Crippen molar-refractivity contribution in [3.63, 3.8) is 0 Å². The van der Waals surface area contributed by atoms with E-state index in [1.165, 1.54) is 23.3 Å². The van der Waals surface area contributed by atoms with Crippen LogP contribution in [0.5, 0.6) is 0 Å². The Morgan fingerprint density at radius 2 is 2.00 bits per heavy atom. The number of hydrogen-bond donors (Lipinski definition) is 0. The van der Waals surface area contributed by atoms with Gasteiger partial charge in [-0.3, -0.25) is 4.90 Å². The fraction of sp³-hybridized carbons (Fsp3) is 0.538. The van der Waals surface area contributed by atoms with Gasteiger partial charge in [0.25, 0.3) is 0 Å². The topological polar surface area (TPSA) is 46.6 Å². The van der Waals surface area contributed by atoms with E-state index in [2.05, 4.69) is 0 Å². The molecule has 0 fully saturated rings. The molecule has 1 rings (SSSR count). The maximum Gasteiger partial charge on any atom is 0.411 e. The molecule has 1 unspecified atom stereocenters. The third-order valence-electron chi connectivity index (χ3n) is 2.66. The second kappa shape index (κ2) is 5.51. The van der Waals surface area contributed by atoms with Crippen LogP contribution < -0.4 is 0 Å². The molecule has 1 amide bonds. The first-order valence-electron chi connectivity index (χ1n) is 5.78. The van der Waals surface area contributed by atoms with E-state index in [1.807, 2.05) is 0 Å². The zero-order valence-corrected chi connectivity index (χ0v) is 13.3. The lowest BCUT2D eigenvalue weighted by molar-refractivity contribution is -0.117. The van der Waals surface area contributed by atoms with Gasteiger partial charge in [-0.2, -0.15) is 0 Å². The van der Waals surface area contributed by atoms with Crippen LogP contribution in [0.25, 0.3) is 0 Å². The number of thiophene rings is 1. The Hall–Kier alpha value is -1.07. The van der Waals surface area contributed by atoms with E-state index in [9.17, 15) is 9.59 Å². The van der Waals surface area contributed by atoms with E-state index in [-0.39, 0.29) is 0 Å². The van der Waals surface area contributed by atoms with Gasteiger partial charge in [-0.25, -0.2) is 4.79 Å². The van der Waals surface area contributed by atoms with E-state index in [0.29, 0.717) is 9.90 Å². The van der Waals surface area contributed by atoms with Gasteiger partial charge in [0.05, 0.1) is 5.02 Å². The Labute approximate surface area is 122 Å². The summed E-state index contributed by atoms with van der Waals surface area (Å²) in [6.07, 6.45) is 0.172. The highest BCUT2D eigenvalue weighted by atomic mass is 35.5. The number of carbonyl (C=O) groups is 2. The van der Waals surface area contributed by atoms with Crippen molar-refractivity contribution in [3.05, 3.63) is 21.3 Å². The summed E-state index contributed by atoms with van der Waals surface area (Å²) in [5.74, 6) is 0. The first-order valence-corrected chi connectivity index (χ1v) is 7.03. The third kappa shape index (κ3) is 3.70. The van der Waals surface area contributed by atoms with Crippen molar-refractivity contribution >= 4 is 35.3 Å². The number of ether oxygens (including phenoxy) is 1. The molecule has 0 saturated heterocycles. The summed E-state index contributed by atoms with van der Waals surface area (Å²) in [4.78, 5) is 25.5. The number of hydrogen-bond acceptors (Lipinski definition) is 4. The summed E-state index contributed by atoms with van der Waals surface area (Å²) in [6.45, 7) is 6.99. The van der Waals surface area contributed by atoms with E-state index in [1.54, 1.807) is 39.1 Å². The minimum atomic E-state index is -1.08. The van der Waals surface area contributed by atoms with Gasteiger partial charge in [0, 0.05) is 17.3 Å². The van der Waals surface area contributed by atoms with Crippen LogP contribution in [0, 0.1) is 0 Å². The fourth-order valence-electron chi connectivity index (χ4n) is 1.40. The molecule has 1 atom stereocenters. The number of nitrogens with zero attached hydrogens (tertiary/aromatic N) is 1. The van der Waals surface area contributed by atoms with Crippen molar-refractivity contribution in [3.8, 4) is 0 Å². The van der Waals surface area contributed by atoms with Gasteiger partial charge in [-0.05, 0) is 33.8 Å². The first kappa shape index (κ1) is 16.0. The van der Waals surface area contributed by atoms with Crippen LogP contribution in [-0.2, 0) is 15.1 Å². The molecule has 0 radical (unpaired) electrons. The van der Waals surface area contributed by atoms with E-state index >= 15 is 0 Å². The Balaban J connectivity index is 3.02. The van der Waals surface area contributed by atoms with Gasteiger partial charge in [0.2, 0.25) is 0 Å². The van der Waals surface area contributed by atoms with Crippen molar-refractivity contribution in [1.82, 2.24) is 4.90 Å².